The van der Waals surface area contributed by atoms with Gasteiger partial charge in [0.15, 0.2) is 0 Å². The minimum absolute atomic E-state index is 0.127. The summed E-state index contributed by atoms with van der Waals surface area (Å²) in [5, 5.41) is 13.0. The molecule has 6 heteroatoms. The van der Waals surface area contributed by atoms with E-state index in [1.807, 2.05) is 18.2 Å². The molecule has 3 rings (SSSR count). The maximum atomic E-state index is 12.4. The Morgan fingerprint density at radius 2 is 2.08 bits per heavy atom. The topological polar surface area (TPSA) is 69.6 Å². The molecule has 0 spiro atoms. The fourth-order valence-electron chi connectivity index (χ4n) is 3.80. The average Bonchev–Trinajstić information content (AvgIpc) is 3.03. The highest BCUT2D eigenvalue weighted by molar-refractivity contribution is 6.30. The molecule has 2 fully saturated rings. The summed E-state index contributed by atoms with van der Waals surface area (Å²) in [5.74, 6) is -0.830. The average molecular weight is 351 g/mol. The lowest BCUT2D eigenvalue weighted by Crippen LogP contribution is -2.49. The van der Waals surface area contributed by atoms with Gasteiger partial charge in [0, 0.05) is 24.2 Å². The normalized spacial score (nSPS) is 27.0. The van der Waals surface area contributed by atoms with Gasteiger partial charge in [-0.3, -0.25) is 4.79 Å². The predicted molar refractivity (Wildman–Crippen MR) is 92.3 cm³/mol. The van der Waals surface area contributed by atoms with Gasteiger partial charge in [0.1, 0.15) is 0 Å². The van der Waals surface area contributed by atoms with Gasteiger partial charge in [-0.2, -0.15) is 0 Å². The molecule has 24 heavy (non-hydrogen) atoms. The highest BCUT2D eigenvalue weighted by Crippen LogP contribution is 2.35. The van der Waals surface area contributed by atoms with Gasteiger partial charge < -0.3 is 15.3 Å². The number of halogens is 1. The van der Waals surface area contributed by atoms with Crippen molar-refractivity contribution in [3.63, 3.8) is 0 Å². The minimum Gasteiger partial charge on any atom is -0.481 e. The van der Waals surface area contributed by atoms with E-state index in [1.165, 1.54) is 5.56 Å². The molecule has 1 saturated heterocycles. The van der Waals surface area contributed by atoms with Crippen LogP contribution >= 0.6 is 11.6 Å². The number of aliphatic carboxylic acids is 1. The number of hydrogen-bond acceptors (Lipinski definition) is 2. The van der Waals surface area contributed by atoms with Crippen molar-refractivity contribution in [1.29, 1.82) is 0 Å². The van der Waals surface area contributed by atoms with Crippen LogP contribution in [-0.4, -0.2) is 41.1 Å². The number of urea groups is 1. The molecule has 3 unspecified atom stereocenters. The van der Waals surface area contributed by atoms with Crippen molar-refractivity contribution in [2.75, 3.05) is 13.1 Å². The Balaban J connectivity index is 1.53. The van der Waals surface area contributed by atoms with Crippen LogP contribution in [0.4, 0.5) is 4.79 Å². The quantitative estimate of drug-likeness (QED) is 0.876. The number of rotatable bonds is 3. The molecule has 0 aromatic heterocycles. The van der Waals surface area contributed by atoms with Gasteiger partial charge in [-0.1, -0.05) is 23.7 Å². The van der Waals surface area contributed by atoms with E-state index in [2.05, 4.69) is 11.4 Å². The highest BCUT2D eigenvalue weighted by atomic mass is 35.5. The van der Waals surface area contributed by atoms with Crippen LogP contribution in [0.25, 0.3) is 0 Å². The Hall–Kier alpha value is -1.75. The fourth-order valence-corrected chi connectivity index (χ4v) is 4.00. The summed E-state index contributed by atoms with van der Waals surface area (Å²) in [4.78, 5) is 25.2. The van der Waals surface area contributed by atoms with Gasteiger partial charge in [0.25, 0.3) is 0 Å². The minimum atomic E-state index is -0.811. The summed E-state index contributed by atoms with van der Waals surface area (Å²) in [6.07, 6.45) is 4.28. The second-order valence-corrected chi connectivity index (χ2v) is 7.27. The van der Waals surface area contributed by atoms with Crippen LogP contribution in [-0.2, 0) is 4.79 Å². The molecule has 2 aliphatic rings. The number of carboxylic acid groups (broad SMARTS) is 1. The molecule has 1 aromatic carbocycles. The second kappa shape index (κ2) is 7.43. The molecule has 1 aliphatic heterocycles. The van der Waals surface area contributed by atoms with E-state index < -0.39 is 11.9 Å². The summed E-state index contributed by atoms with van der Waals surface area (Å²) in [6, 6.07) is 7.93. The van der Waals surface area contributed by atoms with E-state index in [-0.39, 0.29) is 12.1 Å². The number of carbonyl (C=O) groups excluding carboxylic acids is 1. The van der Waals surface area contributed by atoms with E-state index >= 15 is 0 Å². The zero-order valence-electron chi connectivity index (χ0n) is 13.6. The molecule has 1 aromatic rings. The van der Waals surface area contributed by atoms with Crippen LogP contribution in [0.2, 0.25) is 5.02 Å². The Morgan fingerprint density at radius 1 is 1.25 bits per heavy atom. The summed E-state index contributed by atoms with van der Waals surface area (Å²) in [5.41, 5.74) is 1.23. The van der Waals surface area contributed by atoms with Crippen LogP contribution < -0.4 is 5.32 Å². The fraction of sp³-hybridized carbons (Fsp3) is 0.556. The third-order valence-corrected chi connectivity index (χ3v) is 5.37. The molecule has 1 saturated carbocycles. The number of amides is 2. The first kappa shape index (κ1) is 17.1. The maximum Gasteiger partial charge on any atom is 0.317 e. The van der Waals surface area contributed by atoms with Crippen molar-refractivity contribution >= 4 is 23.6 Å². The first-order valence-electron chi connectivity index (χ1n) is 8.56. The van der Waals surface area contributed by atoms with Crippen LogP contribution in [0, 0.1) is 5.92 Å². The molecule has 130 valence electrons. The van der Waals surface area contributed by atoms with Crippen molar-refractivity contribution in [3.8, 4) is 0 Å². The Morgan fingerprint density at radius 3 is 2.83 bits per heavy atom. The largest absolute Gasteiger partial charge is 0.481 e. The molecule has 5 nitrogen and oxygen atoms in total. The number of nitrogens with one attached hydrogen (secondary N) is 1. The van der Waals surface area contributed by atoms with Crippen molar-refractivity contribution in [2.24, 2.45) is 5.92 Å². The maximum absolute atomic E-state index is 12.4. The summed E-state index contributed by atoms with van der Waals surface area (Å²) in [6.45, 7) is 0.950. The number of benzene rings is 1. The third kappa shape index (κ3) is 4.01. The van der Waals surface area contributed by atoms with E-state index in [1.54, 1.807) is 4.90 Å². The summed E-state index contributed by atoms with van der Waals surface area (Å²) < 4.78 is 0. The van der Waals surface area contributed by atoms with Crippen LogP contribution in [0.15, 0.2) is 24.3 Å². The lowest BCUT2D eigenvalue weighted by molar-refractivity contribution is -0.143. The SMILES string of the molecule is O=C(O)C1CCCN(C(=O)NC2CCC(c3cccc(Cl)c3)C2)C1. The molecular weight excluding hydrogens is 328 g/mol. The van der Waals surface area contributed by atoms with Gasteiger partial charge in [-0.05, 0) is 55.7 Å². The summed E-state index contributed by atoms with van der Waals surface area (Å²) >= 11 is 6.06. The number of hydrogen-bond donors (Lipinski definition) is 2. The Labute approximate surface area is 147 Å². The van der Waals surface area contributed by atoms with E-state index in [0.717, 1.165) is 30.7 Å². The number of carboxylic acids is 1. The van der Waals surface area contributed by atoms with Crippen LogP contribution in [0.3, 0.4) is 0 Å². The van der Waals surface area contributed by atoms with Gasteiger partial charge in [0.05, 0.1) is 5.92 Å². The molecule has 1 heterocycles. The van der Waals surface area contributed by atoms with Gasteiger partial charge in [-0.15, -0.1) is 0 Å². The van der Waals surface area contributed by atoms with Crippen molar-refractivity contribution in [1.82, 2.24) is 10.2 Å². The molecular formula is C18H23ClN2O3. The molecule has 0 bridgehead atoms. The Kier molecular flexibility index (Phi) is 5.29. The standard InChI is InChI=1S/C18H23ClN2O3/c19-15-5-1-3-12(9-15)13-6-7-16(10-13)20-18(24)21-8-2-4-14(11-21)17(22)23/h1,3,5,9,13-14,16H,2,4,6-8,10-11H2,(H,20,24)(H,22,23). The summed E-state index contributed by atoms with van der Waals surface area (Å²) in [7, 11) is 0. The van der Waals surface area contributed by atoms with Crippen molar-refractivity contribution in [2.45, 2.75) is 44.1 Å². The molecule has 1 aliphatic carbocycles. The third-order valence-electron chi connectivity index (χ3n) is 5.14. The number of likely N-dealkylation sites (tertiary alicyclic amines) is 1. The van der Waals surface area contributed by atoms with Crippen molar-refractivity contribution < 1.29 is 14.7 Å². The zero-order valence-corrected chi connectivity index (χ0v) is 14.3. The lowest BCUT2D eigenvalue weighted by Gasteiger charge is -2.31. The first-order valence-corrected chi connectivity index (χ1v) is 8.94. The molecule has 2 amide bonds. The molecule has 2 N–H and O–H groups in total. The predicted octanol–water partition coefficient (Wildman–Crippen LogP) is 3.48. The number of nitrogens with zero attached hydrogens (tertiary/aromatic N) is 1. The van der Waals surface area contributed by atoms with Crippen LogP contribution in [0.5, 0.6) is 0 Å². The van der Waals surface area contributed by atoms with Gasteiger partial charge in [0.2, 0.25) is 0 Å². The first-order chi connectivity index (χ1) is 11.5. The van der Waals surface area contributed by atoms with Crippen molar-refractivity contribution in [3.05, 3.63) is 34.9 Å². The number of piperidine rings is 1. The van der Waals surface area contributed by atoms with Crippen LogP contribution in [0.1, 0.15) is 43.6 Å². The van der Waals surface area contributed by atoms with E-state index in [9.17, 15) is 9.59 Å². The zero-order chi connectivity index (χ0) is 17.1. The number of carbonyl (C=O) groups is 2. The van der Waals surface area contributed by atoms with Gasteiger partial charge >= 0.3 is 12.0 Å². The highest BCUT2D eigenvalue weighted by Gasteiger charge is 2.31. The van der Waals surface area contributed by atoms with Gasteiger partial charge in [-0.25, -0.2) is 4.79 Å². The lowest BCUT2D eigenvalue weighted by atomic mass is 9.97. The van der Waals surface area contributed by atoms with E-state index in [4.69, 9.17) is 16.7 Å². The monoisotopic (exact) mass is 350 g/mol. The Bertz CT molecular complexity index is 622. The smallest absolute Gasteiger partial charge is 0.317 e. The molecule has 0 radical (unpaired) electrons. The van der Waals surface area contributed by atoms with E-state index in [0.29, 0.717) is 25.4 Å². The molecule has 3 atom stereocenters. The second-order valence-electron chi connectivity index (χ2n) is 6.83.